The van der Waals surface area contributed by atoms with E-state index in [2.05, 4.69) is 6.58 Å². The Kier molecular flexibility index (Phi) is 5.20. The molecule has 0 N–H and O–H groups in total. The number of rotatable bonds is 7. The summed E-state index contributed by atoms with van der Waals surface area (Å²) >= 11 is 0. The maximum atomic E-state index is 14.2. The number of hydrogen-bond acceptors (Lipinski definition) is 2. The summed E-state index contributed by atoms with van der Waals surface area (Å²) in [5, 5.41) is 0. The van der Waals surface area contributed by atoms with Crippen molar-refractivity contribution in [2.24, 2.45) is 0 Å². The van der Waals surface area contributed by atoms with E-state index in [1.54, 1.807) is 12.1 Å². The number of halogens is 1. The summed E-state index contributed by atoms with van der Waals surface area (Å²) in [7, 11) is 0. The van der Waals surface area contributed by atoms with Gasteiger partial charge >= 0.3 is 0 Å². The number of hydrogen-bond donors (Lipinski definition) is 0. The van der Waals surface area contributed by atoms with Crippen molar-refractivity contribution < 1.29 is 9.13 Å². The molecule has 4 aromatic rings. The van der Waals surface area contributed by atoms with E-state index in [1.165, 1.54) is 6.07 Å². The molecule has 140 valence electrons. The van der Waals surface area contributed by atoms with Gasteiger partial charge in [-0.25, -0.2) is 9.37 Å². The van der Waals surface area contributed by atoms with Crippen molar-refractivity contribution in [3.8, 4) is 5.75 Å². The highest BCUT2D eigenvalue weighted by atomic mass is 19.1. The van der Waals surface area contributed by atoms with Crippen molar-refractivity contribution in [1.29, 1.82) is 0 Å². The van der Waals surface area contributed by atoms with Gasteiger partial charge in [-0.3, -0.25) is 0 Å². The minimum Gasteiger partial charge on any atom is -0.485 e. The van der Waals surface area contributed by atoms with Gasteiger partial charge in [0.25, 0.3) is 0 Å². The first-order valence-electron chi connectivity index (χ1n) is 9.25. The Morgan fingerprint density at radius 3 is 2.46 bits per heavy atom. The second kappa shape index (κ2) is 8.09. The SMILES string of the molecule is C=CCc1ccccc1OCc1nc2ccccc2n1Cc1ccccc1F. The fourth-order valence-electron chi connectivity index (χ4n) is 3.32. The molecule has 0 unspecified atom stereocenters. The fraction of sp³-hybridized carbons (Fsp3) is 0.125. The van der Waals surface area contributed by atoms with Crippen LogP contribution in [0.15, 0.2) is 85.5 Å². The summed E-state index contributed by atoms with van der Waals surface area (Å²) in [4.78, 5) is 4.72. The zero-order valence-electron chi connectivity index (χ0n) is 15.5. The van der Waals surface area contributed by atoms with Crippen LogP contribution in [0.1, 0.15) is 17.0 Å². The zero-order valence-corrected chi connectivity index (χ0v) is 15.5. The molecule has 0 atom stereocenters. The minimum absolute atomic E-state index is 0.219. The predicted molar refractivity (Wildman–Crippen MR) is 110 cm³/mol. The molecule has 0 radical (unpaired) electrons. The highest BCUT2D eigenvalue weighted by Crippen LogP contribution is 2.23. The number of aromatic nitrogens is 2. The molecule has 0 fully saturated rings. The average molecular weight is 372 g/mol. The molecule has 3 nitrogen and oxygen atoms in total. The van der Waals surface area contributed by atoms with Gasteiger partial charge in [-0.2, -0.15) is 0 Å². The van der Waals surface area contributed by atoms with E-state index in [0.717, 1.165) is 34.6 Å². The van der Waals surface area contributed by atoms with Crippen molar-refractivity contribution >= 4 is 11.0 Å². The fourth-order valence-corrected chi connectivity index (χ4v) is 3.32. The lowest BCUT2D eigenvalue weighted by Crippen LogP contribution is -2.10. The third-order valence-electron chi connectivity index (χ3n) is 4.71. The molecule has 0 spiro atoms. The first-order chi connectivity index (χ1) is 13.8. The Morgan fingerprint density at radius 1 is 0.929 bits per heavy atom. The smallest absolute Gasteiger partial charge is 0.148 e. The molecule has 0 amide bonds. The quantitative estimate of drug-likeness (QED) is 0.399. The topological polar surface area (TPSA) is 27.1 Å². The summed E-state index contributed by atoms with van der Waals surface area (Å²) in [6.45, 7) is 4.51. The monoisotopic (exact) mass is 372 g/mol. The lowest BCUT2D eigenvalue weighted by molar-refractivity contribution is 0.288. The summed E-state index contributed by atoms with van der Waals surface area (Å²) in [6.07, 6.45) is 2.59. The van der Waals surface area contributed by atoms with Crippen LogP contribution in [-0.4, -0.2) is 9.55 Å². The van der Waals surface area contributed by atoms with Crippen LogP contribution in [0.2, 0.25) is 0 Å². The molecule has 4 rings (SSSR count). The van der Waals surface area contributed by atoms with Crippen LogP contribution in [0.3, 0.4) is 0 Å². The maximum absolute atomic E-state index is 14.2. The molecule has 0 saturated heterocycles. The molecule has 1 aromatic heterocycles. The van der Waals surface area contributed by atoms with Crippen molar-refractivity contribution in [1.82, 2.24) is 9.55 Å². The lowest BCUT2D eigenvalue weighted by atomic mass is 10.1. The van der Waals surface area contributed by atoms with Gasteiger partial charge in [-0.15, -0.1) is 6.58 Å². The highest BCUT2D eigenvalue weighted by Gasteiger charge is 2.14. The van der Waals surface area contributed by atoms with Gasteiger partial charge in [0, 0.05) is 5.56 Å². The number of benzene rings is 3. The highest BCUT2D eigenvalue weighted by molar-refractivity contribution is 5.76. The largest absolute Gasteiger partial charge is 0.485 e. The molecule has 28 heavy (non-hydrogen) atoms. The van der Waals surface area contributed by atoms with Crippen LogP contribution < -0.4 is 4.74 Å². The van der Waals surface area contributed by atoms with Gasteiger partial charge in [0.2, 0.25) is 0 Å². The molecule has 1 heterocycles. The number of fused-ring (bicyclic) bond motifs is 1. The molecule has 0 aliphatic rings. The van der Waals surface area contributed by atoms with Gasteiger partial charge in [0.15, 0.2) is 0 Å². The number of nitrogens with zero attached hydrogens (tertiary/aromatic N) is 2. The lowest BCUT2D eigenvalue weighted by Gasteiger charge is -2.13. The first-order valence-corrected chi connectivity index (χ1v) is 9.25. The number of ether oxygens (including phenoxy) is 1. The Morgan fingerprint density at radius 2 is 1.64 bits per heavy atom. The minimum atomic E-state index is -0.219. The van der Waals surface area contributed by atoms with Crippen LogP contribution in [0, 0.1) is 5.82 Å². The molecular weight excluding hydrogens is 351 g/mol. The van der Waals surface area contributed by atoms with Crippen molar-refractivity contribution in [2.75, 3.05) is 0 Å². The predicted octanol–water partition coefficient (Wildman–Crippen LogP) is 5.53. The van der Waals surface area contributed by atoms with E-state index < -0.39 is 0 Å². The second-order valence-electron chi connectivity index (χ2n) is 6.58. The molecule has 0 bridgehead atoms. The van der Waals surface area contributed by atoms with E-state index in [0.29, 0.717) is 18.7 Å². The zero-order chi connectivity index (χ0) is 19.3. The first kappa shape index (κ1) is 18.0. The molecule has 0 aliphatic carbocycles. The standard InChI is InChI=1S/C24H21FN2O/c1-2-9-18-10-4-8-15-23(18)28-17-24-26-21-13-6-7-14-22(21)27(24)16-19-11-3-5-12-20(19)25/h2-8,10-15H,1,9,16-17H2. The number of allylic oxidation sites excluding steroid dienone is 1. The van der Waals surface area contributed by atoms with Crippen LogP contribution in [0.25, 0.3) is 11.0 Å². The normalized spacial score (nSPS) is 10.9. The maximum Gasteiger partial charge on any atom is 0.148 e. The Balaban J connectivity index is 1.67. The molecule has 0 aliphatic heterocycles. The van der Waals surface area contributed by atoms with E-state index >= 15 is 0 Å². The summed E-state index contributed by atoms with van der Waals surface area (Å²) in [6, 6.07) is 22.6. The molecule has 4 heteroatoms. The second-order valence-corrected chi connectivity index (χ2v) is 6.58. The van der Waals surface area contributed by atoms with E-state index in [-0.39, 0.29) is 5.82 Å². The summed E-state index contributed by atoms with van der Waals surface area (Å²) in [5.41, 5.74) is 3.54. The number of imidazole rings is 1. The van der Waals surface area contributed by atoms with Crippen molar-refractivity contribution in [2.45, 2.75) is 19.6 Å². The van der Waals surface area contributed by atoms with Gasteiger partial charge in [0.1, 0.15) is 24.0 Å². The van der Waals surface area contributed by atoms with E-state index in [1.807, 2.05) is 65.2 Å². The van der Waals surface area contributed by atoms with Gasteiger partial charge in [0.05, 0.1) is 17.6 Å². The van der Waals surface area contributed by atoms with Crippen LogP contribution in [0.5, 0.6) is 5.75 Å². The van der Waals surface area contributed by atoms with E-state index in [9.17, 15) is 4.39 Å². The third-order valence-corrected chi connectivity index (χ3v) is 4.71. The van der Waals surface area contributed by atoms with E-state index in [4.69, 9.17) is 9.72 Å². The third kappa shape index (κ3) is 3.67. The Bertz CT molecular complexity index is 1120. The number of para-hydroxylation sites is 3. The molecular formula is C24H21FN2O. The van der Waals surface area contributed by atoms with Crippen LogP contribution >= 0.6 is 0 Å². The van der Waals surface area contributed by atoms with Gasteiger partial charge < -0.3 is 9.30 Å². The van der Waals surface area contributed by atoms with Crippen LogP contribution in [-0.2, 0) is 19.6 Å². The summed E-state index contributed by atoms with van der Waals surface area (Å²) in [5.74, 6) is 1.35. The Hall–Kier alpha value is -3.40. The Labute approximate surface area is 163 Å². The van der Waals surface area contributed by atoms with Gasteiger partial charge in [-0.1, -0.05) is 54.6 Å². The summed E-state index contributed by atoms with van der Waals surface area (Å²) < 4.78 is 22.3. The average Bonchev–Trinajstić information content (AvgIpc) is 3.07. The van der Waals surface area contributed by atoms with Crippen molar-refractivity contribution in [3.63, 3.8) is 0 Å². The van der Waals surface area contributed by atoms with Gasteiger partial charge in [-0.05, 0) is 36.2 Å². The molecule has 3 aromatic carbocycles. The van der Waals surface area contributed by atoms with Crippen LogP contribution in [0.4, 0.5) is 4.39 Å². The van der Waals surface area contributed by atoms with Crippen molar-refractivity contribution in [3.05, 3.63) is 108 Å². The molecule has 0 saturated carbocycles.